The SMILES string of the molecule is Cc1nn(-c2ccccc2)c(C)c1C(=O)Nc1cc(F)ccc1F. The molecule has 0 saturated heterocycles. The number of anilines is 1. The van der Waals surface area contributed by atoms with Crippen LogP contribution in [0.1, 0.15) is 21.7 Å². The van der Waals surface area contributed by atoms with Crippen molar-refractivity contribution < 1.29 is 13.6 Å². The van der Waals surface area contributed by atoms with Gasteiger partial charge in [0.25, 0.3) is 5.91 Å². The number of hydrogen-bond acceptors (Lipinski definition) is 2. The number of halogens is 2. The van der Waals surface area contributed by atoms with Crippen LogP contribution in [0.3, 0.4) is 0 Å². The number of carbonyl (C=O) groups excluding carboxylic acids is 1. The van der Waals surface area contributed by atoms with E-state index in [4.69, 9.17) is 0 Å². The molecule has 0 aliphatic heterocycles. The molecule has 1 heterocycles. The lowest BCUT2D eigenvalue weighted by molar-refractivity contribution is 0.102. The average Bonchev–Trinajstić information content (AvgIpc) is 2.86. The van der Waals surface area contributed by atoms with Crippen LogP contribution in [-0.4, -0.2) is 15.7 Å². The molecule has 0 saturated carbocycles. The standard InChI is InChI=1S/C18H15F2N3O/c1-11-17(12(2)23(22-11)14-6-4-3-5-7-14)18(24)21-16-10-13(19)8-9-15(16)20/h3-10H,1-2H3,(H,21,24). The summed E-state index contributed by atoms with van der Waals surface area (Å²) in [6.07, 6.45) is 0. The highest BCUT2D eigenvalue weighted by atomic mass is 19.1. The number of aryl methyl sites for hydroxylation is 1. The Morgan fingerprint density at radius 2 is 1.79 bits per heavy atom. The Kier molecular flexibility index (Phi) is 4.12. The maximum absolute atomic E-state index is 13.7. The lowest BCUT2D eigenvalue weighted by Gasteiger charge is -2.08. The first kappa shape index (κ1) is 15.9. The average molecular weight is 327 g/mol. The Morgan fingerprint density at radius 3 is 2.50 bits per heavy atom. The molecule has 122 valence electrons. The topological polar surface area (TPSA) is 46.9 Å². The van der Waals surface area contributed by atoms with E-state index in [-0.39, 0.29) is 5.69 Å². The first-order chi connectivity index (χ1) is 11.5. The van der Waals surface area contributed by atoms with Crippen LogP contribution in [0, 0.1) is 25.5 Å². The van der Waals surface area contributed by atoms with E-state index in [2.05, 4.69) is 10.4 Å². The highest BCUT2D eigenvalue weighted by Gasteiger charge is 2.20. The number of para-hydroxylation sites is 1. The van der Waals surface area contributed by atoms with Crippen molar-refractivity contribution in [2.75, 3.05) is 5.32 Å². The molecule has 0 unspecified atom stereocenters. The lowest BCUT2D eigenvalue weighted by atomic mass is 10.1. The van der Waals surface area contributed by atoms with E-state index in [0.717, 1.165) is 23.9 Å². The Morgan fingerprint density at radius 1 is 1.08 bits per heavy atom. The molecule has 3 rings (SSSR count). The molecule has 0 bridgehead atoms. The predicted molar refractivity (Wildman–Crippen MR) is 87.3 cm³/mol. The van der Waals surface area contributed by atoms with Crippen molar-refractivity contribution in [2.45, 2.75) is 13.8 Å². The molecule has 24 heavy (non-hydrogen) atoms. The molecule has 1 aromatic heterocycles. The summed E-state index contributed by atoms with van der Waals surface area (Å²) >= 11 is 0. The number of hydrogen-bond donors (Lipinski definition) is 1. The summed E-state index contributed by atoms with van der Waals surface area (Å²) < 4.78 is 28.6. The van der Waals surface area contributed by atoms with E-state index in [1.54, 1.807) is 18.5 Å². The molecule has 1 amide bonds. The third-order valence-electron chi connectivity index (χ3n) is 3.70. The number of aromatic nitrogens is 2. The molecule has 3 aromatic rings. The van der Waals surface area contributed by atoms with Gasteiger partial charge in [-0.15, -0.1) is 0 Å². The summed E-state index contributed by atoms with van der Waals surface area (Å²) in [5.41, 5.74) is 2.07. The number of amides is 1. The number of benzene rings is 2. The number of rotatable bonds is 3. The van der Waals surface area contributed by atoms with Crippen molar-refractivity contribution >= 4 is 11.6 Å². The first-order valence-electron chi connectivity index (χ1n) is 7.35. The molecule has 6 heteroatoms. The molecule has 0 radical (unpaired) electrons. The smallest absolute Gasteiger partial charge is 0.259 e. The minimum Gasteiger partial charge on any atom is -0.319 e. The summed E-state index contributed by atoms with van der Waals surface area (Å²) in [5, 5.41) is 6.78. The Balaban J connectivity index is 1.96. The highest BCUT2D eigenvalue weighted by molar-refractivity contribution is 6.06. The fourth-order valence-corrected chi connectivity index (χ4v) is 2.57. The third kappa shape index (κ3) is 2.90. The normalized spacial score (nSPS) is 10.7. The van der Waals surface area contributed by atoms with Crippen LogP contribution in [0.25, 0.3) is 5.69 Å². The van der Waals surface area contributed by atoms with Gasteiger partial charge in [0, 0.05) is 6.07 Å². The van der Waals surface area contributed by atoms with Gasteiger partial charge in [-0.1, -0.05) is 18.2 Å². The third-order valence-corrected chi connectivity index (χ3v) is 3.70. The maximum Gasteiger partial charge on any atom is 0.259 e. The van der Waals surface area contributed by atoms with E-state index in [1.165, 1.54) is 0 Å². The van der Waals surface area contributed by atoms with Crippen LogP contribution >= 0.6 is 0 Å². The van der Waals surface area contributed by atoms with Gasteiger partial charge in [-0.2, -0.15) is 5.10 Å². The second-order valence-corrected chi connectivity index (χ2v) is 5.37. The summed E-state index contributed by atoms with van der Waals surface area (Å²) in [6.45, 7) is 3.45. The summed E-state index contributed by atoms with van der Waals surface area (Å²) in [6, 6.07) is 12.3. The van der Waals surface area contributed by atoms with Crippen molar-refractivity contribution in [1.82, 2.24) is 9.78 Å². The fourth-order valence-electron chi connectivity index (χ4n) is 2.57. The monoisotopic (exact) mass is 327 g/mol. The maximum atomic E-state index is 13.7. The van der Waals surface area contributed by atoms with E-state index < -0.39 is 17.5 Å². The summed E-state index contributed by atoms with van der Waals surface area (Å²) in [5.74, 6) is -1.85. The molecule has 4 nitrogen and oxygen atoms in total. The van der Waals surface area contributed by atoms with Gasteiger partial charge in [0.1, 0.15) is 11.6 Å². The lowest BCUT2D eigenvalue weighted by Crippen LogP contribution is -2.15. The van der Waals surface area contributed by atoms with E-state index in [1.807, 2.05) is 30.3 Å². The minimum absolute atomic E-state index is 0.203. The van der Waals surface area contributed by atoms with Gasteiger partial charge in [-0.05, 0) is 38.1 Å². The number of carbonyl (C=O) groups is 1. The zero-order chi connectivity index (χ0) is 17.3. The predicted octanol–water partition coefficient (Wildman–Crippen LogP) is 4.02. The molecule has 0 spiro atoms. The number of nitrogens with zero attached hydrogens (tertiary/aromatic N) is 2. The Labute approximate surface area is 137 Å². The van der Waals surface area contributed by atoms with Gasteiger partial charge in [0.05, 0.1) is 28.3 Å². The molecule has 2 aromatic carbocycles. The highest BCUT2D eigenvalue weighted by Crippen LogP contribution is 2.21. The van der Waals surface area contributed by atoms with E-state index in [0.29, 0.717) is 17.0 Å². The Hall–Kier alpha value is -3.02. The minimum atomic E-state index is -0.699. The zero-order valence-electron chi connectivity index (χ0n) is 13.2. The zero-order valence-corrected chi connectivity index (χ0v) is 13.2. The van der Waals surface area contributed by atoms with Crippen LogP contribution in [-0.2, 0) is 0 Å². The van der Waals surface area contributed by atoms with Crippen LogP contribution in [0.4, 0.5) is 14.5 Å². The van der Waals surface area contributed by atoms with Crippen molar-refractivity contribution in [3.63, 3.8) is 0 Å². The van der Waals surface area contributed by atoms with Crippen molar-refractivity contribution in [2.24, 2.45) is 0 Å². The summed E-state index contributed by atoms with van der Waals surface area (Å²) in [4.78, 5) is 12.5. The molecule has 1 N–H and O–H groups in total. The van der Waals surface area contributed by atoms with Gasteiger partial charge in [0.2, 0.25) is 0 Å². The second-order valence-electron chi connectivity index (χ2n) is 5.37. The molecule has 0 aliphatic rings. The van der Waals surface area contributed by atoms with Gasteiger partial charge in [-0.25, -0.2) is 13.5 Å². The van der Waals surface area contributed by atoms with Crippen LogP contribution in [0.5, 0.6) is 0 Å². The van der Waals surface area contributed by atoms with Crippen molar-refractivity contribution in [3.8, 4) is 5.69 Å². The van der Waals surface area contributed by atoms with E-state index >= 15 is 0 Å². The first-order valence-corrected chi connectivity index (χ1v) is 7.35. The van der Waals surface area contributed by atoms with Gasteiger partial charge in [0.15, 0.2) is 0 Å². The molecule has 0 atom stereocenters. The number of nitrogens with one attached hydrogen (secondary N) is 1. The molecular weight excluding hydrogens is 312 g/mol. The fraction of sp³-hybridized carbons (Fsp3) is 0.111. The van der Waals surface area contributed by atoms with Gasteiger partial charge < -0.3 is 5.32 Å². The summed E-state index contributed by atoms with van der Waals surface area (Å²) in [7, 11) is 0. The van der Waals surface area contributed by atoms with Crippen LogP contribution in [0.15, 0.2) is 48.5 Å². The quantitative estimate of drug-likeness (QED) is 0.790. The van der Waals surface area contributed by atoms with Crippen LogP contribution < -0.4 is 5.32 Å². The van der Waals surface area contributed by atoms with E-state index in [9.17, 15) is 13.6 Å². The molecular formula is C18H15F2N3O. The van der Waals surface area contributed by atoms with Crippen LogP contribution in [0.2, 0.25) is 0 Å². The van der Waals surface area contributed by atoms with Crippen molar-refractivity contribution in [1.29, 1.82) is 0 Å². The largest absolute Gasteiger partial charge is 0.319 e. The second kappa shape index (κ2) is 6.23. The molecule has 0 fully saturated rings. The Bertz CT molecular complexity index is 904. The van der Waals surface area contributed by atoms with Crippen molar-refractivity contribution in [3.05, 3.63) is 77.1 Å². The van der Waals surface area contributed by atoms with Gasteiger partial charge in [-0.3, -0.25) is 4.79 Å². The molecule has 0 aliphatic carbocycles. The van der Waals surface area contributed by atoms with Gasteiger partial charge >= 0.3 is 0 Å².